The summed E-state index contributed by atoms with van der Waals surface area (Å²) in [6, 6.07) is 14.8. The number of nitrogens with one attached hydrogen (secondary N) is 2. The average Bonchev–Trinajstić information content (AvgIpc) is 3.09. The number of anilines is 1. The Labute approximate surface area is 160 Å². The number of carbonyl (C=O) groups excluding carboxylic acids is 1. The van der Waals surface area contributed by atoms with E-state index in [0.717, 1.165) is 11.3 Å². The Kier molecular flexibility index (Phi) is 6.14. The number of carbonyl (C=O) groups is 1. The van der Waals surface area contributed by atoms with Crippen molar-refractivity contribution >= 4 is 35.0 Å². The van der Waals surface area contributed by atoms with Gasteiger partial charge in [-0.1, -0.05) is 53.7 Å². The predicted octanol–water partition coefficient (Wildman–Crippen LogP) is 4.08. The fourth-order valence-electron chi connectivity index (χ4n) is 2.15. The largest absolute Gasteiger partial charge is 0.485 e. The van der Waals surface area contributed by atoms with Crippen LogP contribution in [0.1, 0.15) is 11.4 Å². The first-order chi connectivity index (χ1) is 12.6. The lowest BCUT2D eigenvalue weighted by molar-refractivity contribution is -0.113. The number of para-hydroxylation sites is 2. The highest BCUT2D eigenvalue weighted by Crippen LogP contribution is 2.21. The van der Waals surface area contributed by atoms with Gasteiger partial charge in [0.2, 0.25) is 11.1 Å². The minimum atomic E-state index is -0.175. The van der Waals surface area contributed by atoms with Gasteiger partial charge in [0, 0.05) is 0 Å². The van der Waals surface area contributed by atoms with E-state index in [1.807, 2.05) is 37.3 Å². The van der Waals surface area contributed by atoms with E-state index in [0.29, 0.717) is 21.7 Å². The van der Waals surface area contributed by atoms with E-state index in [1.54, 1.807) is 18.2 Å². The fraction of sp³-hybridized carbons (Fsp3) is 0.167. The molecule has 3 aromatic rings. The van der Waals surface area contributed by atoms with Crippen LogP contribution in [0.2, 0.25) is 5.02 Å². The Bertz CT molecular complexity index is 900. The lowest BCUT2D eigenvalue weighted by Gasteiger charge is -2.06. The summed E-state index contributed by atoms with van der Waals surface area (Å²) < 4.78 is 5.72. The van der Waals surface area contributed by atoms with Crippen molar-refractivity contribution in [1.29, 1.82) is 0 Å². The fourth-order valence-corrected chi connectivity index (χ4v) is 2.95. The third kappa shape index (κ3) is 5.00. The van der Waals surface area contributed by atoms with Crippen LogP contribution in [0, 0.1) is 6.92 Å². The zero-order chi connectivity index (χ0) is 18.4. The summed E-state index contributed by atoms with van der Waals surface area (Å²) in [6.07, 6.45) is 0. The molecule has 0 radical (unpaired) electrons. The molecule has 1 heterocycles. The van der Waals surface area contributed by atoms with Crippen LogP contribution in [0.5, 0.6) is 5.75 Å². The number of amides is 1. The zero-order valence-corrected chi connectivity index (χ0v) is 15.6. The maximum atomic E-state index is 12.0. The molecule has 0 aliphatic rings. The van der Waals surface area contributed by atoms with Crippen LogP contribution in [-0.2, 0) is 11.4 Å². The molecule has 3 rings (SSSR count). The van der Waals surface area contributed by atoms with E-state index in [9.17, 15) is 4.79 Å². The first kappa shape index (κ1) is 18.3. The zero-order valence-electron chi connectivity index (χ0n) is 14.0. The van der Waals surface area contributed by atoms with Gasteiger partial charge in [-0.05, 0) is 30.7 Å². The molecule has 134 valence electrons. The average molecular weight is 389 g/mol. The molecule has 0 unspecified atom stereocenters. The second-order valence-corrected chi connectivity index (χ2v) is 6.79. The number of aryl methyl sites for hydroxylation is 1. The summed E-state index contributed by atoms with van der Waals surface area (Å²) >= 11 is 7.26. The predicted molar refractivity (Wildman–Crippen MR) is 103 cm³/mol. The molecular formula is C18H17ClN4O2S. The number of aromatic nitrogens is 3. The summed E-state index contributed by atoms with van der Waals surface area (Å²) in [6.45, 7) is 2.26. The number of hydrogen-bond donors (Lipinski definition) is 2. The maximum Gasteiger partial charge on any atom is 0.234 e. The highest BCUT2D eigenvalue weighted by atomic mass is 35.5. The molecule has 0 saturated carbocycles. The van der Waals surface area contributed by atoms with Crippen LogP contribution in [0.25, 0.3) is 0 Å². The maximum absolute atomic E-state index is 12.0. The molecule has 0 aliphatic heterocycles. The summed E-state index contributed by atoms with van der Waals surface area (Å²) in [5.41, 5.74) is 1.64. The van der Waals surface area contributed by atoms with E-state index in [4.69, 9.17) is 16.3 Å². The number of aromatic amines is 1. The third-order valence-corrected chi connectivity index (χ3v) is 4.63. The first-order valence-electron chi connectivity index (χ1n) is 7.88. The van der Waals surface area contributed by atoms with Crippen molar-refractivity contribution in [2.45, 2.75) is 18.7 Å². The Hall–Kier alpha value is -2.51. The van der Waals surface area contributed by atoms with Gasteiger partial charge in [0.15, 0.2) is 5.82 Å². The Morgan fingerprint density at radius 1 is 1.23 bits per heavy atom. The topological polar surface area (TPSA) is 79.9 Å². The van der Waals surface area contributed by atoms with Crippen molar-refractivity contribution in [3.05, 3.63) is 64.9 Å². The summed E-state index contributed by atoms with van der Waals surface area (Å²) in [4.78, 5) is 16.3. The minimum Gasteiger partial charge on any atom is -0.485 e. The molecule has 6 nitrogen and oxygen atoms in total. The van der Waals surface area contributed by atoms with Crippen LogP contribution in [0.15, 0.2) is 53.7 Å². The normalized spacial score (nSPS) is 10.5. The van der Waals surface area contributed by atoms with Gasteiger partial charge in [-0.2, -0.15) is 0 Å². The molecule has 0 aliphatic carbocycles. The van der Waals surface area contributed by atoms with Crippen LogP contribution < -0.4 is 10.1 Å². The van der Waals surface area contributed by atoms with Crippen LogP contribution >= 0.6 is 23.4 Å². The number of ether oxygens (including phenoxy) is 1. The molecule has 2 N–H and O–H groups in total. The molecule has 26 heavy (non-hydrogen) atoms. The van der Waals surface area contributed by atoms with Crippen molar-refractivity contribution in [2.24, 2.45) is 0 Å². The second kappa shape index (κ2) is 8.73. The number of hydrogen-bond acceptors (Lipinski definition) is 5. The van der Waals surface area contributed by atoms with Crippen molar-refractivity contribution < 1.29 is 9.53 Å². The monoisotopic (exact) mass is 388 g/mol. The number of thioether (sulfide) groups is 1. The van der Waals surface area contributed by atoms with E-state index >= 15 is 0 Å². The van der Waals surface area contributed by atoms with E-state index in [2.05, 4.69) is 20.5 Å². The Morgan fingerprint density at radius 3 is 2.81 bits per heavy atom. The summed E-state index contributed by atoms with van der Waals surface area (Å²) in [5, 5.41) is 10.7. The third-order valence-electron chi connectivity index (χ3n) is 3.45. The summed E-state index contributed by atoms with van der Waals surface area (Å²) in [7, 11) is 0. The molecule has 0 atom stereocenters. The molecule has 0 spiro atoms. The molecule has 0 fully saturated rings. The van der Waals surface area contributed by atoms with Crippen molar-refractivity contribution in [2.75, 3.05) is 11.1 Å². The van der Waals surface area contributed by atoms with E-state index in [1.165, 1.54) is 11.8 Å². The SMILES string of the molecule is Cc1ccccc1OCc1nc(SCC(=O)Nc2ccccc2Cl)n[nH]1. The molecule has 1 amide bonds. The first-order valence-corrected chi connectivity index (χ1v) is 9.25. The Balaban J connectivity index is 1.48. The standard InChI is InChI=1S/C18H17ClN4O2S/c1-12-6-2-5-9-15(12)25-10-16-21-18(23-22-16)26-11-17(24)20-14-8-4-3-7-13(14)19/h2-9H,10-11H2,1H3,(H,20,24)(H,21,22,23). The smallest absolute Gasteiger partial charge is 0.234 e. The van der Waals surface area contributed by atoms with Gasteiger partial charge >= 0.3 is 0 Å². The highest BCUT2D eigenvalue weighted by molar-refractivity contribution is 7.99. The molecule has 8 heteroatoms. The quantitative estimate of drug-likeness (QED) is 0.596. The summed E-state index contributed by atoms with van der Waals surface area (Å²) in [5.74, 6) is 1.41. The van der Waals surface area contributed by atoms with E-state index in [-0.39, 0.29) is 18.3 Å². The van der Waals surface area contributed by atoms with Crippen LogP contribution in [0.4, 0.5) is 5.69 Å². The molecule has 0 saturated heterocycles. The van der Waals surface area contributed by atoms with Gasteiger partial charge in [0.25, 0.3) is 0 Å². The van der Waals surface area contributed by atoms with Crippen molar-refractivity contribution in [3.63, 3.8) is 0 Å². The number of halogens is 1. The van der Waals surface area contributed by atoms with Gasteiger partial charge in [-0.3, -0.25) is 9.89 Å². The number of H-pyrrole nitrogens is 1. The van der Waals surface area contributed by atoms with Crippen LogP contribution in [0.3, 0.4) is 0 Å². The highest BCUT2D eigenvalue weighted by Gasteiger charge is 2.10. The van der Waals surface area contributed by atoms with Gasteiger partial charge < -0.3 is 10.1 Å². The van der Waals surface area contributed by atoms with Gasteiger partial charge in [0.1, 0.15) is 12.4 Å². The number of rotatable bonds is 7. The number of nitrogens with zero attached hydrogens (tertiary/aromatic N) is 2. The van der Waals surface area contributed by atoms with Crippen molar-refractivity contribution in [3.8, 4) is 5.75 Å². The molecular weight excluding hydrogens is 372 g/mol. The van der Waals surface area contributed by atoms with Gasteiger partial charge in [0.05, 0.1) is 16.5 Å². The Morgan fingerprint density at radius 2 is 2.00 bits per heavy atom. The second-order valence-electron chi connectivity index (χ2n) is 5.44. The molecule has 1 aromatic heterocycles. The van der Waals surface area contributed by atoms with Crippen LogP contribution in [-0.4, -0.2) is 26.8 Å². The van der Waals surface area contributed by atoms with Crippen molar-refractivity contribution in [1.82, 2.24) is 15.2 Å². The lowest BCUT2D eigenvalue weighted by atomic mass is 10.2. The van der Waals surface area contributed by atoms with Gasteiger partial charge in [-0.25, -0.2) is 4.98 Å². The number of benzene rings is 2. The van der Waals surface area contributed by atoms with Gasteiger partial charge in [-0.15, -0.1) is 5.10 Å². The minimum absolute atomic E-state index is 0.175. The molecule has 2 aromatic carbocycles. The molecule has 0 bridgehead atoms. The van der Waals surface area contributed by atoms with E-state index < -0.39 is 0 Å². The lowest BCUT2D eigenvalue weighted by Crippen LogP contribution is -2.14.